The second-order valence-electron chi connectivity index (χ2n) is 5.69. The van der Waals surface area contributed by atoms with Gasteiger partial charge in [-0.05, 0) is 23.6 Å². The van der Waals surface area contributed by atoms with Gasteiger partial charge in [-0.15, -0.1) is 0 Å². The summed E-state index contributed by atoms with van der Waals surface area (Å²) in [7, 11) is 1.97. The predicted molar refractivity (Wildman–Crippen MR) is 75.4 cm³/mol. The monoisotopic (exact) mass is 261 g/mol. The number of aromatic amines is 1. The van der Waals surface area contributed by atoms with Gasteiger partial charge < -0.3 is 15.0 Å². The molecule has 0 aliphatic rings. The van der Waals surface area contributed by atoms with Gasteiger partial charge in [0.1, 0.15) is 0 Å². The van der Waals surface area contributed by atoms with Crippen LogP contribution in [0.25, 0.3) is 11.0 Å². The Morgan fingerprint density at radius 2 is 2.21 bits per heavy atom. The fourth-order valence-corrected chi connectivity index (χ4v) is 2.36. The third kappa shape index (κ3) is 3.24. The van der Waals surface area contributed by atoms with Crippen LogP contribution < -0.4 is 4.90 Å². The minimum atomic E-state index is -0.762. The maximum atomic E-state index is 10.8. The summed E-state index contributed by atoms with van der Waals surface area (Å²) in [5.74, 6) is -0.762. The molecule has 0 atom stereocenters. The molecule has 2 rings (SSSR count). The molecule has 5 nitrogen and oxygen atoms in total. The summed E-state index contributed by atoms with van der Waals surface area (Å²) in [5.41, 5.74) is 2.70. The first kappa shape index (κ1) is 13.4. The Hall–Kier alpha value is -2.04. The van der Waals surface area contributed by atoms with Crippen molar-refractivity contribution in [1.82, 2.24) is 9.97 Å². The Bertz CT molecular complexity index is 589. The van der Waals surface area contributed by atoms with Crippen molar-refractivity contribution < 1.29 is 9.90 Å². The quantitative estimate of drug-likeness (QED) is 0.867. The SMILES string of the molecule is CN(CC(C)(C)CC(=O)O)c1ccc2nc[nH]c2c1. The number of carboxylic acids is 1. The van der Waals surface area contributed by atoms with Crippen LogP contribution in [-0.4, -0.2) is 34.6 Å². The number of carbonyl (C=O) groups is 1. The number of hydrogen-bond acceptors (Lipinski definition) is 3. The smallest absolute Gasteiger partial charge is 0.303 e. The van der Waals surface area contributed by atoms with Crippen LogP contribution in [0.5, 0.6) is 0 Å². The van der Waals surface area contributed by atoms with Crippen LogP contribution in [0.2, 0.25) is 0 Å². The number of fused-ring (bicyclic) bond motifs is 1. The second-order valence-corrected chi connectivity index (χ2v) is 5.69. The minimum absolute atomic E-state index is 0.156. The largest absolute Gasteiger partial charge is 0.481 e. The molecule has 0 spiro atoms. The third-order valence-electron chi connectivity index (χ3n) is 3.14. The van der Waals surface area contributed by atoms with Gasteiger partial charge in [0, 0.05) is 19.3 Å². The lowest BCUT2D eigenvalue weighted by molar-refractivity contribution is -0.139. The van der Waals surface area contributed by atoms with Crippen molar-refractivity contribution in [3.8, 4) is 0 Å². The number of benzene rings is 1. The van der Waals surface area contributed by atoms with Crippen molar-refractivity contribution in [2.75, 3.05) is 18.5 Å². The lowest BCUT2D eigenvalue weighted by atomic mass is 9.88. The van der Waals surface area contributed by atoms with E-state index in [-0.39, 0.29) is 11.8 Å². The van der Waals surface area contributed by atoms with E-state index in [1.165, 1.54) is 0 Å². The topological polar surface area (TPSA) is 69.2 Å². The van der Waals surface area contributed by atoms with Crippen molar-refractivity contribution in [3.05, 3.63) is 24.5 Å². The van der Waals surface area contributed by atoms with Gasteiger partial charge in [0.05, 0.1) is 23.8 Å². The van der Waals surface area contributed by atoms with Gasteiger partial charge in [0.15, 0.2) is 0 Å². The van der Waals surface area contributed by atoms with Gasteiger partial charge in [-0.25, -0.2) is 4.98 Å². The first-order valence-electron chi connectivity index (χ1n) is 6.23. The summed E-state index contributed by atoms with van der Waals surface area (Å²) in [6.45, 7) is 4.61. The third-order valence-corrected chi connectivity index (χ3v) is 3.14. The molecule has 0 saturated heterocycles. The highest BCUT2D eigenvalue weighted by atomic mass is 16.4. The molecule has 0 radical (unpaired) electrons. The van der Waals surface area contributed by atoms with Crippen LogP contribution in [0, 0.1) is 5.41 Å². The van der Waals surface area contributed by atoms with E-state index >= 15 is 0 Å². The van der Waals surface area contributed by atoms with Crippen molar-refractivity contribution >= 4 is 22.7 Å². The standard InChI is InChI=1S/C14H19N3O2/c1-14(2,7-13(18)19)8-17(3)10-4-5-11-12(6-10)16-9-15-11/h4-6,9H,7-8H2,1-3H3,(H,15,16)(H,18,19). The number of anilines is 1. The first-order chi connectivity index (χ1) is 8.87. The van der Waals surface area contributed by atoms with Gasteiger partial charge in [0.25, 0.3) is 0 Å². The van der Waals surface area contributed by atoms with E-state index in [9.17, 15) is 4.79 Å². The molecule has 1 heterocycles. The van der Waals surface area contributed by atoms with Crippen molar-refractivity contribution in [1.29, 1.82) is 0 Å². The molecule has 0 aliphatic heterocycles. The summed E-state index contributed by atoms with van der Waals surface area (Å²) in [6.07, 6.45) is 1.83. The number of hydrogen-bond donors (Lipinski definition) is 2. The maximum absolute atomic E-state index is 10.8. The van der Waals surface area contributed by atoms with E-state index in [0.717, 1.165) is 16.7 Å². The fourth-order valence-electron chi connectivity index (χ4n) is 2.36. The molecule has 102 valence electrons. The van der Waals surface area contributed by atoms with Gasteiger partial charge in [-0.3, -0.25) is 4.79 Å². The molecule has 0 amide bonds. The van der Waals surface area contributed by atoms with E-state index < -0.39 is 5.97 Å². The van der Waals surface area contributed by atoms with E-state index in [2.05, 4.69) is 14.9 Å². The summed E-state index contributed by atoms with van der Waals surface area (Å²) in [6, 6.07) is 5.99. The molecule has 0 bridgehead atoms. The highest BCUT2D eigenvalue weighted by Gasteiger charge is 2.23. The zero-order chi connectivity index (χ0) is 14.0. The summed E-state index contributed by atoms with van der Waals surface area (Å²) in [5, 5.41) is 8.91. The molecule has 19 heavy (non-hydrogen) atoms. The van der Waals surface area contributed by atoms with Crippen molar-refractivity contribution in [2.24, 2.45) is 5.41 Å². The Balaban J connectivity index is 2.14. The number of imidazole rings is 1. The highest BCUT2D eigenvalue weighted by Crippen LogP contribution is 2.26. The van der Waals surface area contributed by atoms with Gasteiger partial charge >= 0.3 is 5.97 Å². The Morgan fingerprint density at radius 1 is 1.47 bits per heavy atom. The zero-order valence-electron chi connectivity index (χ0n) is 11.5. The molecule has 2 N–H and O–H groups in total. The number of aromatic nitrogens is 2. The number of H-pyrrole nitrogens is 1. The number of carboxylic acid groups (broad SMARTS) is 1. The van der Waals surface area contributed by atoms with Crippen LogP contribution in [0.4, 0.5) is 5.69 Å². The fraction of sp³-hybridized carbons (Fsp3) is 0.429. The lowest BCUT2D eigenvalue weighted by Crippen LogP contribution is -2.33. The van der Waals surface area contributed by atoms with E-state index in [4.69, 9.17) is 5.11 Å². The molecule has 0 fully saturated rings. The van der Waals surface area contributed by atoms with Gasteiger partial charge in [-0.1, -0.05) is 13.8 Å². The second kappa shape index (κ2) is 4.91. The van der Waals surface area contributed by atoms with Crippen LogP contribution >= 0.6 is 0 Å². The highest BCUT2D eigenvalue weighted by molar-refractivity contribution is 5.79. The van der Waals surface area contributed by atoms with Crippen LogP contribution in [0.3, 0.4) is 0 Å². The number of aliphatic carboxylic acids is 1. The number of nitrogens with zero attached hydrogens (tertiary/aromatic N) is 2. The van der Waals surface area contributed by atoms with E-state index in [1.807, 2.05) is 39.1 Å². The number of rotatable bonds is 5. The summed E-state index contributed by atoms with van der Waals surface area (Å²) >= 11 is 0. The maximum Gasteiger partial charge on any atom is 0.303 e. The van der Waals surface area contributed by atoms with E-state index in [0.29, 0.717) is 6.54 Å². The zero-order valence-corrected chi connectivity index (χ0v) is 11.5. The first-order valence-corrected chi connectivity index (χ1v) is 6.23. The minimum Gasteiger partial charge on any atom is -0.481 e. The average Bonchev–Trinajstić information content (AvgIpc) is 2.72. The molecular weight excluding hydrogens is 242 g/mol. The van der Waals surface area contributed by atoms with Crippen LogP contribution in [0.15, 0.2) is 24.5 Å². The van der Waals surface area contributed by atoms with E-state index in [1.54, 1.807) is 6.33 Å². The molecule has 0 unspecified atom stereocenters. The molecule has 5 heteroatoms. The predicted octanol–water partition coefficient (Wildman–Crippen LogP) is 2.50. The molecule has 2 aromatic rings. The number of nitrogens with one attached hydrogen (secondary N) is 1. The van der Waals surface area contributed by atoms with Crippen LogP contribution in [0.1, 0.15) is 20.3 Å². The van der Waals surface area contributed by atoms with Gasteiger partial charge in [0.2, 0.25) is 0 Å². The Labute approximate surface area is 112 Å². The Morgan fingerprint density at radius 3 is 2.89 bits per heavy atom. The summed E-state index contributed by atoms with van der Waals surface area (Å²) in [4.78, 5) is 20.2. The molecule has 1 aromatic carbocycles. The Kier molecular flexibility index (Phi) is 3.46. The average molecular weight is 261 g/mol. The lowest BCUT2D eigenvalue weighted by Gasteiger charge is -2.30. The molecule has 0 aliphatic carbocycles. The van der Waals surface area contributed by atoms with Gasteiger partial charge in [-0.2, -0.15) is 0 Å². The van der Waals surface area contributed by atoms with Crippen LogP contribution in [-0.2, 0) is 4.79 Å². The van der Waals surface area contributed by atoms with Crippen molar-refractivity contribution in [3.63, 3.8) is 0 Å². The van der Waals surface area contributed by atoms with Crippen molar-refractivity contribution in [2.45, 2.75) is 20.3 Å². The molecule has 0 saturated carbocycles. The normalized spacial score (nSPS) is 11.7. The molecular formula is C14H19N3O2. The molecule has 1 aromatic heterocycles. The summed E-state index contributed by atoms with van der Waals surface area (Å²) < 4.78 is 0.